The van der Waals surface area contributed by atoms with Crippen LogP contribution in [0, 0.1) is 0 Å². The molecule has 0 amide bonds. The molecule has 1 heterocycles. The number of hydrogen-bond acceptors (Lipinski definition) is 3. The van der Waals surface area contributed by atoms with Crippen LogP contribution in [0.3, 0.4) is 0 Å². The summed E-state index contributed by atoms with van der Waals surface area (Å²) < 4.78 is 5.87. The van der Waals surface area contributed by atoms with Crippen molar-refractivity contribution in [1.29, 1.82) is 0 Å². The minimum absolute atomic E-state index is 0.576. The summed E-state index contributed by atoms with van der Waals surface area (Å²) in [6.07, 6.45) is 2.09. The topological polar surface area (TPSA) is 38.5 Å². The van der Waals surface area contributed by atoms with Crippen molar-refractivity contribution in [3.63, 3.8) is 0 Å². The van der Waals surface area contributed by atoms with Crippen LogP contribution in [0.4, 0.5) is 0 Å². The van der Waals surface area contributed by atoms with Crippen LogP contribution in [0.25, 0.3) is 0 Å². The third kappa shape index (κ3) is 2.22. The molecule has 3 nitrogen and oxygen atoms in total. The zero-order chi connectivity index (χ0) is 14.1. The molecule has 0 saturated heterocycles. The maximum Gasteiger partial charge on any atom is 0.124 e. The Balaban J connectivity index is 1.89. The zero-order valence-electron chi connectivity index (χ0n) is 12.1. The molecule has 0 bridgehead atoms. The number of nitrogens with two attached hydrogens (primary N) is 1. The predicted octanol–water partition coefficient (Wildman–Crippen LogP) is 2.96. The molecule has 2 N–H and O–H groups in total. The Morgan fingerprint density at radius 3 is 2.95 bits per heavy atom. The number of nitrogens with zero attached hydrogens (tertiary/aromatic N) is 1. The first-order chi connectivity index (χ1) is 9.72. The van der Waals surface area contributed by atoms with Gasteiger partial charge in [-0.1, -0.05) is 19.6 Å². The summed E-state index contributed by atoms with van der Waals surface area (Å²) in [5, 5.41) is 0. The van der Waals surface area contributed by atoms with E-state index in [9.17, 15) is 0 Å². The van der Waals surface area contributed by atoms with Crippen LogP contribution in [-0.4, -0.2) is 18.1 Å². The van der Waals surface area contributed by atoms with Gasteiger partial charge in [0, 0.05) is 30.8 Å². The van der Waals surface area contributed by atoms with E-state index in [0.29, 0.717) is 6.54 Å². The molecular formula is C17H22N2O. The fraction of sp³-hybridized carbons (Fsp3) is 0.412. The van der Waals surface area contributed by atoms with Crippen molar-refractivity contribution in [1.82, 2.24) is 4.90 Å². The summed E-state index contributed by atoms with van der Waals surface area (Å²) >= 11 is 0. The second-order valence-electron chi connectivity index (χ2n) is 5.48. The van der Waals surface area contributed by atoms with Crippen LogP contribution in [0.1, 0.15) is 30.9 Å². The van der Waals surface area contributed by atoms with Gasteiger partial charge in [-0.3, -0.25) is 0 Å². The molecule has 3 rings (SSSR count). The monoisotopic (exact) mass is 270 g/mol. The minimum Gasteiger partial charge on any atom is -0.491 e. The van der Waals surface area contributed by atoms with Gasteiger partial charge in [0.25, 0.3) is 0 Å². The van der Waals surface area contributed by atoms with Gasteiger partial charge in [0.2, 0.25) is 0 Å². The molecule has 0 unspecified atom stereocenters. The van der Waals surface area contributed by atoms with Gasteiger partial charge in [-0.25, -0.2) is 0 Å². The van der Waals surface area contributed by atoms with Crippen LogP contribution in [0.2, 0.25) is 0 Å². The molecule has 20 heavy (non-hydrogen) atoms. The highest BCUT2D eigenvalue weighted by molar-refractivity contribution is 5.47. The van der Waals surface area contributed by atoms with E-state index in [1.54, 1.807) is 0 Å². The van der Waals surface area contributed by atoms with Gasteiger partial charge in [-0.2, -0.15) is 0 Å². The normalized spacial score (nSPS) is 18.3. The average Bonchev–Trinajstić information content (AvgIpc) is 2.65. The first-order valence-corrected chi connectivity index (χ1v) is 7.32. The summed E-state index contributed by atoms with van der Waals surface area (Å²) in [4.78, 5) is 2.44. The van der Waals surface area contributed by atoms with Crippen molar-refractivity contribution in [2.24, 2.45) is 5.73 Å². The van der Waals surface area contributed by atoms with E-state index < -0.39 is 0 Å². The quantitative estimate of drug-likeness (QED) is 0.917. The van der Waals surface area contributed by atoms with Gasteiger partial charge >= 0.3 is 0 Å². The first-order valence-electron chi connectivity index (χ1n) is 7.32. The SMILES string of the molecule is C=C1CC(N2CCOc3ccc(CN)cc3C2)=C1CC. The van der Waals surface area contributed by atoms with Crippen LogP contribution in [0.15, 0.2) is 41.6 Å². The highest BCUT2D eigenvalue weighted by Crippen LogP contribution is 2.39. The number of allylic oxidation sites excluding steroid dienone is 2. The smallest absolute Gasteiger partial charge is 0.124 e. The van der Waals surface area contributed by atoms with Gasteiger partial charge in [0.1, 0.15) is 12.4 Å². The zero-order valence-corrected chi connectivity index (χ0v) is 12.1. The largest absolute Gasteiger partial charge is 0.491 e. The van der Waals surface area contributed by atoms with Crippen LogP contribution in [0.5, 0.6) is 5.75 Å². The van der Waals surface area contributed by atoms with E-state index in [1.807, 2.05) is 0 Å². The lowest BCUT2D eigenvalue weighted by atomic mass is 9.86. The highest BCUT2D eigenvalue weighted by atomic mass is 16.5. The fourth-order valence-electron chi connectivity index (χ4n) is 3.07. The van der Waals surface area contributed by atoms with E-state index in [1.165, 1.54) is 22.4 Å². The molecule has 0 spiro atoms. The molecule has 1 aromatic carbocycles. The number of hydrogen-bond donors (Lipinski definition) is 1. The van der Waals surface area contributed by atoms with E-state index in [4.69, 9.17) is 10.5 Å². The molecule has 1 aliphatic heterocycles. The van der Waals surface area contributed by atoms with E-state index in [0.717, 1.165) is 43.9 Å². The van der Waals surface area contributed by atoms with Gasteiger partial charge in [0.05, 0.1) is 6.54 Å². The second-order valence-corrected chi connectivity index (χ2v) is 5.48. The summed E-state index contributed by atoms with van der Waals surface area (Å²) in [7, 11) is 0. The molecular weight excluding hydrogens is 248 g/mol. The predicted molar refractivity (Wildman–Crippen MR) is 81.3 cm³/mol. The second kappa shape index (κ2) is 5.33. The maximum atomic E-state index is 5.87. The summed E-state index contributed by atoms with van der Waals surface area (Å²) in [6, 6.07) is 6.28. The van der Waals surface area contributed by atoms with Crippen molar-refractivity contribution in [3.8, 4) is 5.75 Å². The lowest BCUT2D eigenvalue weighted by Crippen LogP contribution is -2.30. The molecule has 0 aromatic heterocycles. The summed E-state index contributed by atoms with van der Waals surface area (Å²) in [5.41, 5.74) is 12.3. The molecule has 3 heteroatoms. The molecule has 0 saturated carbocycles. The Kier molecular flexibility index (Phi) is 3.53. The molecule has 1 aromatic rings. The number of rotatable bonds is 3. The molecule has 0 radical (unpaired) electrons. The van der Waals surface area contributed by atoms with E-state index >= 15 is 0 Å². The third-order valence-electron chi connectivity index (χ3n) is 4.23. The number of benzene rings is 1. The van der Waals surface area contributed by atoms with E-state index in [2.05, 4.69) is 36.6 Å². The Bertz CT molecular complexity index is 574. The van der Waals surface area contributed by atoms with Gasteiger partial charge in [-0.15, -0.1) is 0 Å². The maximum absolute atomic E-state index is 5.87. The highest BCUT2D eigenvalue weighted by Gasteiger charge is 2.27. The van der Waals surface area contributed by atoms with Crippen molar-refractivity contribution in [3.05, 3.63) is 52.7 Å². The molecule has 0 atom stereocenters. The minimum atomic E-state index is 0.576. The molecule has 0 fully saturated rings. The molecule has 106 valence electrons. The summed E-state index contributed by atoms with van der Waals surface area (Å²) in [6.45, 7) is 9.49. The van der Waals surface area contributed by atoms with Crippen LogP contribution < -0.4 is 10.5 Å². The lowest BCUT2D eigenvalue weighted by Gasteiger charge is -2.35. The Morgan fingerprint density at radius 2 is 2.25 bits per heavy atom. The molecule has 1 aliphatic carbocycles. The third-order valence-corrected chi connectivity index (χ3v) is 4.23. The molecule has 2 aliphatic rings. The van der Waals surface area contributed by atoms with Crippen LogP contribution >= 0.6 is 0 Å². The van der Waals surface area contributed by atoms with Crippen molar-refractivity contribution < 1.29 is 4.74 Å². The average molecular weight is 270 g/mol. The van der Waals surface area contributed by atoms with Crippen molar-refractivity contribution in [2.75, 3.05) is 13.2 Å². The van der Waals surface area contributed by atoms with Crippen LogP contribution in [-0.2, 0) is 13.1 Å². The fourth-order valence-corrected chi connectivity index (χ4v) is 3.07. The lowest BCUT2D eigenvalue weighted by molar-refractivity contribution is 0.255. The summed E-state index contributed by atoms with van der Waals surface area (Å²) in [5.74, 6) is 1.00. The Morgan fingerprint density at radius 1 is 1.40 bits per heavy atom. The van der Waals surface area contributed by atoms with E-state index in [-0.39, 0.29) is 0 Å². The van der Waals surface area contributed by atoms with Gasteiger partial charge < -0.3 is 15.4 Å². The van der Waals surface area contributed by atoms with Crippen molar-refractivity contribution in [2.45, 2.75) is 32.9 Å². The standard InChI is InChI=1S/C17H22N2O/c1-3-15-12(2)8-16(15)19-6-7-20-17-5-4-13(10-18)9-14(17)11-19/h4-5,9H,2-3,6-8,10-11,18H2,1H3. The van der Waals surface area contributed by atoms with Crippen molar-refractivity contribution >= 4 is 0 Å². The van der Waals surface area contributed by atoms with Gasteiger partial charge in [-0.05, 0) is 35.3 Å². The number of ether oxygens (including phenoxy) is 1. The first kappa shape index (κ1) is 13.3. The number of fused-ring (bicyclic) bond motifs is 1. The van der Waals surface area contributed by atoms with Gasteiger partial charge in [0.15, 0.2) is 0 Å². The Labute approximate surface area is 120 Å². The Hall–Kier alpha value is -1.74.